The first-order valence-electron chi connectivity index (χ1n) is 3.97. The van der Waals surface area contributed by atoms with E-state index in [0.29, 0.717) is 0 Å². The SMILES string of the molecule is O=C1OC[C@@]2(CO)CS(=O)(=O)C[C@@H]12. The molecule has 2 aliphatic rings. The van der Waals surface area contributed by atoms with Gasteiger partial charge in [0.25, 0.3) is 0 Å². The fourth-order valence-electron chi connectivity index (χ4n) is 2.01. The Hall–Kier alpha value is -0.620. The van der Waals surface area contributed by atoms with Crippen molar-refractivity contribution in [3.63, 3.8) is 0 Å². The lowest BCUT2D eigenvalue weighted by Gasteiger charge is -2.19. The van der Waals surface area contributed by atoms with Gasteiger partial charge in [-0.15, -0.1) is 0 Å². The third-order valence-electron chi connectivity index (χ3n) is 2.77. The first-order chi connectivity index (χ1) is 5.99. The van der Waals surface area contributed by atoms with Crippen LogP contribution in [0.1, 0.15) is 0 Å². The molecule has 74 valence electrons. The number of hydrogen-bond acceptors (Lipinski definition) is 5. The number of carbonyl (C=O) groups is 1. The highest BCUT2D eigenvalue weighted by atomic mass is 32.2. The van der Waals surface area contributed by atoms with Crippen molar-refractivity contribution in [3.05, 3.63) is 0 Å². The van der Waals surface area contributed by atoms with Gasteiger partial charge >= 0.3 is 5.97 Å². The highest BCUT2D eigenvalue weighted by Crippen LogP contribution is 2.42. The van der Waals surface area contributed by atoms with Gasteiger partial charge in [0.15, 0.2) is 9.84 Å². The molecule has 0 amide bonds. The first-order valence-corrected chi connectivity index (χ1v) is 5.79. The standard InChI is InChI=1S/C7H10O5S/c8-2-7-3-12-6(9)5(7)1-13(10,11)4-7/h5,8H,1-4H2/t5-,7-/m0/s1. The summed E-state index contributed by atoms with van der Waals surface area (Å²) in [6.07, 6.45) is 0. The molecule has 0 bridgehead atoms. The summed E-state index contributed by atoms with van der Waals surface area (Å²) in [4.78, 5) is 11.1. The number of carbonyl (C=O) groups excluding carboxylic acids is 1. The van der Waals surface area contributed by atoms with E-state index >= 15 is 0 Å². The smallest absolute Gasteiger partial charge is 0.310 e. The number of aliphatic hydroxyl groups is 1. The summed E-state index contributed by atoms with van der Waals surface area (Å²) < 4.78 is 27.2. The molecule has 6 heteroatoms. The van der Waals surface area contributed by atoms with Gasteiger partial charge in [-0.1, -0.05) is 0 Å². The topological polar surface area (TPSA) is 80.7 Å². The van der Waals surface area contributed by atoms with Gasteiger partial charge < -0.3 is 9.84 Å². The summed E-state index contributed by atoms with van der Waals surface area (Å²) in [5.74, 6) is -1.45. The zero-order valence-electron chi connectivity index (χ0n) is 6.89. The van der Waals surface area contributed by atoms with Crippen LogP contribution in [0.3, 0.4) is 0 Å². The monoisotopic (exact) mass is 206 g/mol. The maximum atomic E-state index is 11.2. The number of esters is 1. The van der Waals surface area contributed by atoms with Crippen LogP contribution in [-0.2, 0) is 19.4 Å². The number of ether oxygens (including phenoxy) is 1. The van der Waals surface area contributed by atoms with Crippen molar-refractivity contribution in [1.82, 2.24) is 0 Å². The van der Waals surface area contributed by atoms with Gasteiger partial charge in [-0.25, -0.2) is 8.42 Å². The van der Waals surface area contributed by atoms with Gasteiger partial charge in [-0.05, 0) is 0 Å². The molecule has 0 aromatic carbocycles. The first kappa shape index (κ1) is 8.96. The lowest BCUT2D eigenvalue weighted by atomic mass is 9.82. The van der Waals surface area contributed by atoms with Gasteiger partial charge in [0, 0.05) is 0 Å². The Morgan fingerprint density at radius 2 is 2.31 bits per heavy atom. The normalized spacial score (nSPS) is 41.6. The molecule has 0 aromatic rings. The second-order valence-electron chi connectivity index (χ2n) is 3.74. The largest absolute Gasteiger partial charge is 0.465 e. The fourth-order valence-corrected chi connectivity index (χ4v) is 4.37. The maximum absolute atomic E-state index is 11.2. The van der Waals surface area contributed by atoms with E-state index in [1.54, 1.807) is 0 Å². The second kappa shape index (κ2) is 2.45. The summed E-state index contributed by atoms with van der Waals surface area (Å²) in [5, 5.41) is 9.08. The molecule has 0 aromatic heterocycles. The molecular weight excluding hydrogens is 196 g/mol. The molecule has 0 radical (unpaired) electrons. The minimum absolute atomic E-state index is 0.0340. The Balaban J connectivity index is 2.40. The molecular formula is C7H10O5S. The third-order valence-corrected chi connectivity index (χ3v) is 4.62. The molecule has 2 saturated heterocycles. The number of sulfone groups is 1. The van der Waals surface area contributed by atoms with Crippen LogP contribution >= 0.6 is 0 Å². The predicted octanol–water partition coefficient (Wildman–Crippen LogP) is -1.43. The van der Waals surface area contributed by atoms with Crippen LogP contribution in [0.5, 0.6) is 0 Å². The van der Waals surface area contributed by atoms with Crippen LogP contribution in [0, 0.1) is 11.3 Å². The Kier molecular flexibility index (Phi) is 1.69. The molecule has 13 heavy (non-hydrogen) atoms. The summed E-state index contributed by atoms with van der Waals surface area (Å²) >= 11 is 0. The number of hydrogen-bond donors (Lipinski definition) is 1. The summed E-state index contributed by atoms with van der Waals surface area (Å²) in [7, 11) is -3.17. The van der Waals surface area contributed by atoms with Crippen molar-refractivity contribution in [2.24, 2.45) is 11.3 Å². The van der Waals surface area contributed by atoms with E-state index in [9.17, 15) is 13.2 Å². The number of rotatable bonds is 1. The molecule has 0 aliphatic carbocycles. The second-order valence-corrected chi connectivity index (χ2v) is 5.84. The van der Waals surface area contributed by atoms with Crippen LogP contribution in [0.2, 0.25) is 0 Å². The lowest BCUT2D eigenvalue weighted by Crippen LogP contribution is -2.33. The van der Waals surface area contributed by atoms with E-state index in [4.69, 9.17) is 9.84 Å². The van der Waals surface area contributed by atoms with Crippen molar-refractivity contribution < 1.29 is 23.1 Å². The lowest BCUT2D eigenvalue weighted by molar-refractivity contribution is -0.140. The Labute approximate surface area is 75.6 Å². The van der Waals surface area contributed by atoms with Crippen LogP contribution in [0.15, 0.2) is 0 Å². The zero-order valence-corrected chi connectivity index (χ0v) is 7.71. The molecule has 2 fully saturated rings. The molecule has 2 atom stereocenters. The number of aliphatic hydroxyl groups excluding tert-OH is 1. The van der Waals surface area contributed by atoms with Crippen molar-refractivity contribution in [2.75, 3.05) is 24.7 Å². The van der Waals surface area contributed by atoms with Gasteiger partial charge in [-0.3, -0.25) is 4.79 Å². The molecule has 0 spiro atoms. The summed E-state index contributed by atoms with van der Waals surface area (Å²) in [5.41, 5.74) is -0.851. The van der Waals surface area contributed by atoms with Crippen molar-refractivity contribution in [3.8, 4) is 0 Å². The predicted molar refractivity (Wildman–Crippen MR) is 42.6 cm³/mol. The van der Waals surface area contributed by atoms with Gasteiger partial charge in [0.2, 0.25) is 0 Å². The number of cyclic esters (lactones) is 1. The fraction of sp³-hybridized carbons (Fsp3) is 0.857. The van der Waals surface area contributed by atoms with Crippen LogP contribution in [0.25, 0.3) is 0 Å². The Bertz CT molecular complexity index is 346. The molecule has 0 unspecified atom stereocenters. The molecule has 5 nitrogen and oxygen atoms in total. The molecule has 2 heterocycles. The van der Waals surface area contributed by atoms with E-state index in [-0.39, 0.29) is 24.7 Å². The van der Waals surface area contributed by atoms with Crippen LogP contribution < -0.4 is 0 Å². The Morgan fingerprint density at radius 3 is 2.85 bits per heavy atom. The maximum Gasteiger partial charge on any atom is 0.310 e. The van der Waals surface area contributed by atoms with E-state index in [0.717, 1.165) is 0 Å². The molecule has 0 saturated carbocycles. The van der Waals surface area contributed by atoms with E-state index in [2.05, 4.69) is 0 Å². The van der Waals surface area contributed by atoms with Crippen LogP contribution in [0.4, 0.5) is 0 Å². The quantitative estimate of drug-likeness (QED) is 0.532. The highest BCUT2D eigenvalue weighted by Gasteiger charge is 2.58. The van der Waals surface area contributed by atoms with Crippen molar-refractivity contribution >= 4 is 15.8 Å². The average molecular weight is 206 g/mol. The third kappa shape index (κ3) is 1.16. The van der Waals surface area contributed by atoms with Gasteiger partial charge in [0.1, 0.15) is 6.61 Å². The number of fused-ring (bicyclic) bond motifs is 1. The van der Waals surface area contributed by atoms with E-state index in [1.165, 1.54) is 0 Å². The minimum atomic E-state index is -3.17. The molecule has 2 rings (SSSR count). The summed E-state index contributed by atoms with van der Waals surface area (Å²) in [6.45, 7) is -0.269. The van der Waals surface area contributed by atoms with Gasteiger partial charge in [-0.2, -0.15) is 0 Å². The highest BCUT2D eigenvalue weighted by molar-refractivity contribution is 7.91. The average Bonchev–Trinajstić information content (AvgIpc) is 2.47. The van der Waals surface area contributed by atoms with Gasteiger partial charge in [0.05, 0.1) is 29.4 Å². The zero-order chi connectivity index (χ0) is 9.69. The summed E-state index contributed by atoms with van der Waals surface area (Å²) in [6, 6.07) is 0. The minimum Gasteiger partial charge on any atom is -0.465 e. The van der Waals surface area contributed by atoms with E-state index < -0.39 is 27.1 Å². The van der Waals surface area contributed by atoms with Crippen molar-refractivity contribution in [2.45, 2.75) is 0 Å². The molecule has 2 aliphatic heterocycles. The van der Waals surface area contributed by atoms with Crippen LogP contribution in [-0.4, -0.2) is 44.2 Å². The van der Waals surface area contributed by atoms with E-state index in [1.807, 2.05) is 0 Å². The van der Waals surface area contributed by atoms with Crippen molar-refractivity contribution in [1.29, 1.82) is 0 Å². The molecule has 1 N–H and O–H groups in total. The Morgan fingerprint density at radius 1 is 1.62 bits per heavy atom.